The van der Waals surface area contributed by atoms with Gasteiger partial charge in [-0.15, -0.1) is 0 Å². The van der Waals surface area contributed by atoms with Crippen LogP contribution in [0.5, 0.6) is 0 Å². The van der Waals surface area contributed by atoms with E-state index in [9.17, 15) is 18.0 Å². The van der Waals surface area contributed by atoms with Crippen LogP contribution in [0.1, 0.15) is 6.92 Å². The molecule has 0 heterocycles. The van der Waals surface area contributed by atoms with Crippen LogP contribution < -0.4 is 0 Å². The highest BCUT2D eigenvalue weighted by Gasteiger charge is 2.35. The van der Waals surface area contributed by atoms with Crippen LogP contribution in [-0.2, 0) is 4.79 Å². The minimum Gasteiger partial charge on any atom is -0.211 e. The summed E-state index contributed by atoms with van der Waals surface area (Å²) >= 11 is 0. The number of aliphatic imine (C=N–C) groups is 1. The first-order valence-electron chi connectivity index (χ1n) is 2.12. The minimum absolute atomic E-state index is 0.783. The predicted octanol–water partition coefficient (Wildman–Crippen LogP) is 1.27. The second kappa shape index (κ2) is 2.64. The van der Waals surface area contributed by atoms with Crippen molar-refractivity contribution in [2.24, 2.45) is 4.99 Å². The Morgan fingerprint density at radius 1 is 1.56 bits per heavy atom. The van der Waals surface area contributed by atoms with Crippen molar-refractivity contribution in [2.45, 2.75) is 19.1 Å². The molecule has 0 aromatic heterocycles. The van der Waals surface area contributed by atoms with Crippen LogP contribution in [-0.4, -0.2) is 18.3 Å². The number of nitrogens with zero attached hydrogens (tertiary/aromatic N) is 1. The fourth-order valence-corrected chi connectivity index (χ4v) is 0.152. The van der Waals surface area contributed by atoms with E-state index in [-0.39, 0.29) is 0 Å². The Morgan fingerprint density at radius 3 is 2.11 bits per heavy atom. The summed E-state index contributed by atoms with van der Waals surface area (Å²) in [6, 6.07) is -1.94. The first kappa shape index (κ1) is 8.17. The third-order valence-corrected chi connectivity index (χ3v) is 0.720. The smallest absolute Gasteiger partial charge is 0.211 e. The zero-order valence-corrected chi connectivity index (χ0v) is 4.57. The molecule has 0 bridgehead atoms. The number of hydrogen-bond donors (Lipinski definition) is 0. The van der Waals surface area contributed by atoms with E-state index in [1.54, 1.807) is 0 Å². The highest BCUT2D eigenvalue weighted by atomic mass is 19.4. The third-order valence-electron chi connectivity index (χ3n) is 0.720. The van der Waals surface area contributed by atoms with E-state index in [0.717, 1.165) is 13.0 Å². The van der Waals surface area contributed by atoms with Crippen molar-refractivity contribution in [3.63, 3.8) is 0 Å². The zero-order valence-electron chi connectivity index (χ0n) is 4.57. The summed E-state index contributed by atoms with van der Waals surface area (Å²) in [5.41, 5.74) is 0. The van der Waals surface area contributed by atoms with Crippen LogP contribution in [0.25, 0.3) is 0 Å². The minimum atomic E-state index is -4.42. The number of carbonyl (C=O) groups excluding carboxylic acids is 1. The van der Waals surface area contributed by atoms with Crippen LogP contribution in [0, 0.1) is 0 Å². The molecule has 2 nitrogen and oxygen atoms in total. The molecule has 0 aromatic rings. The van der Waals surface area contributed by atoms with E-state index in [2.05, 4.69) is 4.99 Å². The fraction of sp³-hybridized carbons (Fsp3) is 0.750. The Balaban J connectivity index is 4.03. The molecule has 1 atom stereocenters. The van der Waals surface area contributed by atoms with Gasteiger partial charge < -0.3 is 0 Å². The molecule has 9 heavy (non-hydrogen) atoms. The Labute approximate surface area is 49.4 Å². The molecule has 0 spiro atoms. The topological polar surface area (TPSA) is 29.4 Å². The third kappa shape index (κ3) is 2.87. The number of hydrogen-bond acceptors (Lipinski definition) is 2. The summed E-state index contributed by atoms with van der Waals surface area (Å²) < 4.78 is 34.1. The van der Waals surface area contributed by atoms with Gasteiger partial charge in [0, 0.05) is 0 Å². The number of halogens is 3. The molecular formula is C4H4F3NO. The number of isocyanates is 1. The van der Waals surface area contributed by atoms with Gasteiger partial charge in [0.25, 0.3) is 0 Å². The fourth-order valence-electron chi connectivity index (χ4n) is 0.152. The van der Waals surface area contributed by atoms with Crippen molar-refractivity contribution >= 4 is 6.08 Å². The second-order valence-electron chi connectivity index (χ2n) is 1.44. The molecule has 0 N–H and O–H groups in total. The Morgan fingerprint density at radius 2 is 2.00 bits per heavy atom. The van der Waals surface area contributed by atoms with Crippen LogP contribution in [0.2, 0.25) is 0 Å². The van der Waals surface area contributed by atoms with Gasteiger partial charge in [0.15, 0.2) is 6.04 Å². The van der Waals surface area contributed by atoms with Crippen molar-refractivity contribution < 1.29 is 18.0 Å². The summed E-state index contributed by atoms with van der Waals surface area (Å²) in [5.74, 6) is 0. The van der Waals surface area contributed by atoms with E-state index in [1.165, 1.54) is 0 Å². The van der Waals surface area contributed by atoms with E-state index in [1.807, 2.05) is 0 Å². The van der Waals surface area contributed by atoms with Gasteiger partial charge in [0.1, 0.15) is 0 Å². The summed E-state index contributed by atoms with van der Waals surface area (Å²) in [7, 11) is 0. The molecule has 0 aromatic carbocycles. The molecule has 0 radical (unpaired) electrons. The van der Waals surface area contributed by atoms with Gasteiger partial charge in [0.05, 0.1) is 0 Å². The summed E-state index contributed by atoms with van der Waals surface area (Å²) in [4.78, 5) is 11.7. The van der Waals surface area contributed by atoms with Crippen molar-refractivity contribution in [1.29, 1.82) is 0 Å². The molecule has 0 saturated carbocycles. The van der Waals surface area contributed by atoms with Gasteiger partial charge in [-0.1, -0.05) is 0 Å². The van der Waals surface area contributed by atoms with E-state index < -0.39 is 12.2 Å². The number of alkyl halides is 3. The lowest BCUT2D eigenvalue weighted by Gasteiger charge is -2.07. The SMILES string of the molecule is C[C@H](N=C=O)C(F)(F)F. The summed E-state index contributed by atoms with van der Waals surface area (Å²) in [6.07, 6.45) is -3.59. The average molecular weight is 139 g/mol. The van der Waals surface area contributed by atoms with Gasteiger partial charge in [-0.2, -0.15) is 18.2 Å². The van der Waals surface area contributed by atoms with E-state index in [0.29, 0.717) is 0 Å². The van der Waals surface area contributed by atoms with E-state index >= 15 is 0 Å². The molecule has 0 fully saturated rings. The normalized spacial score (nSPS) is 14.2. The largest absolute Gasteiger partial charge is 0.411 e. The van der Waals surface area contributed by atoms with Gasteiger partial charge >= 0.3 is 6.18 Å². The lowest BCUT2D eigenvalue weighted by molar-refractivity contribution is -0.142. The van der Waals surface area contributed by atoms with Crippen LogP contribution >= 0.6 is 0 Å². The maximum Gasteiger partial charge on any atom is 0.411 e. The summed E-state index contributed by atoms with van der Waals surface area (Å²) in [6.45, 7) is 0.783. The van der Waals surface area contributed by atoms with Crippen LogP contribution in [0.15, 0.2) is 4.99 Å². The van der Waals surface area contributed by atoms with Gasteiger partial charge in [-0.3, -0.25) is 0 Å². The highest BCUT2D eigenvalue weighted by molar-refractivity contribution is 5.33. The van der Waals surface area contributed by atoms with Gasteiger partial charge in [-0.05, 0) is 6.92 Å². The van der Waals surface area contributed by atoms with Crippen molar-refractivity contribution in [3.8, 4) is 0 Å². The Kier molecular flexibility index (Phi) is 2.40. The molecular weight excluding hydrogens is 135 g/mol. The molecule has 0 amide bonds. The highest BCUT2D eigenvalue weighted by Crippen LogP contribution is 2.21. The van der Waals surface area contributed by atoms with Crippen LogP contribution in [0.3, 0.4) is 0 Å². The standard InChI is InChI=1S/C4H4F3NO/c1-3(8-2-9)4(5,6)7/h3H,1H3/t3-/m0/s1. The van der Waals surface area contributed by atoms with Gasteiger partial charge in [-0.25, -0.2) is 4.79 Å². The molecule has 0 rings (SSSR count). The second-order valence-corrected chi connectivity index (χ2v) is 1.44. The lowest BCUT2D eigenvalue weighted by atomic mass is 10.4. The monoisotopic (exact) mass is 139 g/mol. The van der Waals surface area contributed by atoms with E-state index in [4.69, 9.17) is 0 Å². The molecule has 0 aliphatic carbocycles. The van der Waals surface area contributed by atoms with Gasteiger partial charge in [0.2, 0.25) is 6.08 Å². The zero-order chi connectivity index (χ0) is 7.49. The predicted molar refractivity (Wildman–Crippen MR) is 23.6 cm³/mol. The van der Waals surface area contributed by atoms with Crippen molar-refractivity contribution in [1.82, 2.24) is 0 Å². The summed E-state index contributed by atoms with van der Waals surface area (Å²) in [5, 5.41) is 0. The first-order valence-corrected chi connectivity index (χ1v) is 2.12. The maximum absolute atomic E-state index is 11.4. The molecule has 0 aliphatic heterocycles. The quantitative estimate of drug-likeness (QED) is 0.397. The molecule has 5 heteroatoms. The Bertz CT molecular complexity index is 135. The Hall–Kier alpha value is -0.830. The lowest BCUT2D eigenvalue weighted by Crippen LogP contribution is -2.22. The maximum atomic E-state index is 11.4. The van der Waals surface area contributed by atoms with Crippen LogP contribution in [0.4, 0.5) is 13.2 Å². The molecule has 0 unspecified atom stereocenters. The first-order chi connectivity index (χ1) is 3.98. The number of rotatable bonds is 1. The average Bonchev–Trinajstić information content (AvgIpc) is 1.64. The molecule has 0 saturated heterocycles. The molecule has 0 aliphatic rings. The molecule has 52 valence electrons. The van der Waals surface area contributed by atoms with Crippen molar-refractivity contribution in [3.05, 3.63) is 0 Å². The van der Waals surface area contributed by atoms with Crippen molar-refractivity contribution in [2.75, 3.05) is 0 Å².